The molecule has 9 nitrogen and oxygen atoms in total. The number of benzene rings is 3. The molecule has 9 heteroatoms. The molecule has 4 rings (SSSR count). The minimum Gasteiger partial charge on any atom is -0.497 e. The number of methoxy groups -OCH3 is 1. The van der Waals surface area contributed by atoms with Crippen molar-refractivity contribution in [1.82, 2.24) is 0 Å². The Morgan fingerprint density at radius 1 is 0.882 bits per heavy atom. The second kappa shape index (κ2) is 9.95. The number of hydrogen-bond donors (Lipinski definition) is 3. The largest absolute Gasteiger partial charge is 0.497 e. The second-order valence-electron chi connectivity index (χ2n) is 7.47. The Labute approximate surface area is 196 Å². The van der Waals surface area contributed by atoms with E-state index < -0.39 is 0 Å². The SMILES string of the molecule is COc1ccc(NC(=O)c2ccc(NCC(=O)Nc3cc4c(cc3C(C)=O)OCO4)cc2)cc1. The van der Waals surface area contributed by atoms with Crippen LogP contribution in [-0.4, -0.2) is 38.0 Å². The van der Waals surface area contributed by atoms with Crippen LogP contribution in [0.2, 0.25) is 0 Å². The molecule has 0 saturated carbocycles. The summed E-state index contributed by atoms with van der Waals surface area (Å²) >= 11 is 0. The summed E-state index contributed by atoms with van der Waals surface area (Å²) in [5.41, 5.74) is 2.47. The standard InChI is InChI=1S/C25H23N3O6/c1-15(29)20-11-22-23(34-14-33-22)12-21(20)28-24(30)13-26-17-5-3-16(4-6-17)25(31)27-18-7-9-19(32-2)10-8-18/h3-12,26H,13-14H2,1-2H3,(H,27,31)(H,28,30). The maximum atomic E-state index is 12.5. The number of ether oxygens (including phenoxy) is 3. The number of Topliss-reactive ketones (excluding diaryl/α,β-unsaturated/α-hetero) is 1. The van der Waals surface area contributed by atoms with Gasteiger partial charge in [0.2, 0.25) is 12.7 Å². The Morgan fingerprint density at radius 3 is 2.18 bits per heavy atom. The number of rotatable bonds is 8. The van der Waals surface area contributed by atoms with Crippen LogP contribution in [0.15, 0.2) is 60.7 Å². The summed E-state index contributed by atoms with van der Waals surface area (Å²) in [6.45, 7) is 1.45. The molecule has 1 aliphatic rings. The molecule has 1 heterocycles. The Morgan fingerprint density at radius 2 is 1.53 bits per heavy atom. The fraction of sp³-hybridized carbons (Fsp3) is 0.160. The van der Waals surface area contributed by atoms with Gasteiger partial charge in [-0.25, -0.2) is 0 Å². The molecule has 3 aromatic carbocycles. The van der Waals surface area contributed by atoms with Crippen molar-refractivity contribution >= 4 is 34.7 Å². The highest BCUT2D eigenvalue weighted by atomic mass is 16.7. The molecule has 0 fully saturated rings. The van der Waals surface area contributed by atoms with Crippen LogP contribution in [0, 0.1) is 0 Å². The highest BCUT2D eigenvalue weighted by molar-refractivity contribution is 6.06. The van der Waals surface area contributed by atoms with Gasteiger partial charge >= 0.3 is 0 Å². The Kier molecular flexibility index (Phi) is 6.63. The zero-order valence-electron chi connectivity index (χ0n) is 18.6. The summed E-state index contributed by atoms with van der Waals surface area (Å²) in [7, 11) is 1.58. The predicted octanol–water partition coefficient (Wildman–Crippen LogP) is 3.93. The van der Waals surface area contributed by atoms with Crippen molar-refractivity contribution < 1.29 is 28.6 Å². The monoisotopic (exact) mass is 461 g/mol. The van der Waals surface area contributed by atoms with Crippen LogP contribution in [-0.2, 0) is 4.79 Å². The fourth-order valence-electron chi connectivity index (χ4n) is 3.33. The molecule has 0 saturated heterocycles. The minimum atomic E-state index is -0.345. The van der Waals surface area contributed by atoms with Gasteiger partial charge in [0.1, 0.15) is 5.75 Å². The number of amides is 2. The molecule has 1 aliphatic heterocycles. The number of carbonyl (C=O) groups is 3. The Balaban J connectivity index is 1.33. The van der Waals surface area contributed by atoms with E-state index in [-0.39, 0.29) is 30.9 Å². The first-order chi connectivity index (χ1) is 16.4. The topological polar surface area (TPSA) is 115 Å². The van der Waals surface area contributed by atoms with E-state index in [1.165, 1.54) is 6.92 Å². The first kappa shape index (κ1) is 22.7. The highest BCUT2D eigenvalue weighted by Crippen LogP contribution is 2.37. The van der Waals surface area contributed by atoms with Crippen molar-refractivity contribution in [3.63, 3.8) is 0 Å². The molecule has 2 amide bonds. The van der Waals surface area contributed by atoms with Crippen LogP contribution in [0.1, 0.15) is 27.6 Å². The highest BCUT2D eigenvalue weighted by Gasteiger charge is 2.20. The molecule has 174 valence electrons. The van der Waals surface area contributed by atoms with Gasteiger partial charge in [0.25, 0.3) is 5.91 Å². The summed E-state index contributed by atoms with van der Waals surface area (Å²) in [5.74, 6) is 0.837. The van der Waals surface area contributed by atoms with Gasteiger partial charge in [-0.1, -0.05) is 0 Å². The smallest absolute Gasteiger partial charge is 0.255 e. The molecule has 3 aromatic rings. The lowest BCUT2D eigenvalue weighted by Gasteiger charge is -2.12. The summed E-state index contributed by atoms with van der Waals surface area (Å²) in [6.07, 6.45) is 0. The van der Waals surface area contributed by atoms with Gasteiger partial charge in [0.15, 0.2) is 17.3 Å². The predicted molar refractivity (Wildman–Crippen MR) is 127 cm³/mol. The van der Waals surface area contributed by atoms with E-state index in [1.807, 2.05) is 0 Å². The quantitative estimate of drug-likeness (QED) is 0.436. The maximum absolute atomic E-state index is 12.5. The number of carbonyl (C=O) groups excluding carboxylic acids is 3. The molecule has 0 radical (unpaired) electrons. The van der Waals surface area contributed by atoms with E-state index in [4.69, 9.17) is 14.2 Å². The first-order valence-electron chi connectivity index (χ1n) is 10.5. The summed E-state index contributed by atoms with van der Waals surface area (Å²) < 4.78 is 15.7. The third kappa shape index (κ3) is 5.26. The molecule has 0 aliphatic carbocycles. The lowest BCUT2D eigenvalue weighted by molar-refractivity contribution is -0.114. The maximum Gasteiger partial charge on any atom is 0.255 e. The van der Waals surface area contributed by atoms with Gasteiger partial charge in [-0.2, -0.15) is 0 Å². The third-order valence-corrected chi connectivity index (χ3v) is 5.11. The molecule has 34 heavy (non-hydrogen) atoms. The summed E-state index contributed by atoms with van der Waals surface area (Å²) in [6, 6.07) is 16.9. The molecule has 0 unspecified atom stereocenters. The van der Waals surface area contributed by atoms with Crippen LogP contribution in [0.5, 0.6) is 17.2 Å². The van der Waals surface area contributed by atoms with Gasteiger partial charge in [-0.3, -0.25) is 14.4 Å². The Bertz CT molecular complexity index is 1220. The van der Waals surface area contributed by atoms with Crippen molar-refractivity contribution in [3.8, 4) is 17.2 Å². The van der Waals surface area contributed by atoms with Gasteiger partial charge < -0.3 is 30.2 Å². The molecule has 0 bridgehead atoms. The zero-order valence-corrected chi connectivity index (χ0v) is 18.6. The normalized spacial score (nSPS) is 11.5. The van der Waals surface area contributed by atoms with Crippen molar-refractivity contribution in [1.29, 1.82) is 0 Å². The molecular weight excluding hydrogens is 438 g/mol. The molecule has 0 aromatic heterocycles. The summed E-state index contributed by atoms with van der Waals surface area (Å²) in [5, 5.41) is 8.53. The van der Waals surface area contributed by atoms with Crippen LogP contribution in [0.4, 0.5) is 17.1 Å². The van der Waals surface area contributed by atoms with Crippen molar-refractivity contribution in [2.75, 3.05) is 36.4 Å². The molecule has 0 atom stereocenters. The number of nitrogens with one attached hydrogen (secondary N) is 3. The zero-order chi connectivity index (χ0) is 24.1. The van der Waals surface area contributed by atoms with Crippen LogP contribution in [0.3, 0.4) is 0 Å². The average molecular weight is 461 g/mol. The van der Waals surface area contributed by atoms with E-state index in [0.717, 1.165) is 0 Å². The van der Waals surface area contributed by atoms with Crippen molar-refractivity contribution in [2.24, 2.45) is 0 Å². The van der Waals surface area contributed by atoms with E-state index in [1.54, 1.807) is 67.8 Å². The minimum absolute atomic E-state index is 0.0385. The second-order valence-corrected chi connectivity index (χ2v) is 7.47. The lowest BCUT2D eigenvalue weighted by atomic mass is 10.1. The third-order valence-electron chi connectivity index (χ3n) is 5.11. The lowest BCUT2D eigenvalue weighted by Crippen LogP contribution is -2.22. The van der Waals surface area contributed by atoms with Crippen LogP contribution < -0.4 is 30.2 Å². The average Bonchev–Trinajstić information content (AvgIpc) is 3.30. The Hall–Kier alpha value is -4.53. The van der Waals surface area contributed by atoms with Gasteiger partial charge in [0, 0.05) is 28.6 Å². The molecule has 3 N–H and O–H groups in total. The number of hydrogen-bond acceptors (Lipinski definition) is 7. The summed E-state index contributed by atoms with van der Waals surface area (Å²) in [4.78, 5) is 36.9. The first-order valence-corrected chi connectivity index (χ1v) is 10.5. The fourth-order valence-corrected chi connectivity index (χ4v) is 3.33. The van der Waals surface area contributed by atoms with Gasteiger partial charge in [-0.05, 0) is 61.5 Å². The van der Waals surface area contributed by atoms with Gasteiger partial charge in [0.05, 0.1) is 19.3 Å². The van der Waals surface area contributed by atoms with E-state index in [2.05, 4.69) is 16.0 Å². The number of anilines is 3. The number of fused-ring (bicyclic) bond motifs is 1. The van der Waals surface area contributed by atoms with Crippen molar-refractivity contribution in [2.45, 2.75) is 6.92 Å². The molecule has 0 spiro atoms. The van der Waals surface area contributed by atoms with Crippen LogP contribution >= 0.6 is 0 Å². The van der Waals surface area contributed by atoms with Gasteiger partial charge in [-0.15, -0.1) is 0 Å². The van der Waals surface area contributed by atoms with E-state index >= 15 is 0 Å². The van der Waals surface area contributed by atoms with Crippen molar-refractivity contribution in [3.05, 3.63) is 71.8 Å². The van der Waals surface area contributed by atoms with E-state index in [0.29, 0.717) is 45.4 Å². The molecular formula is C25H23N3O6. The van der Waals surface area contributed by atoms with E-state index in [9.17, 15) is 14.4 Å². The van der Waals surface area contributed by atoms with Crippen LogP contribution in [0.25, 0.3) is 0 Å². The number of ketones is 1.